The Balaban J connectivity index is 1.61. The molecule has 0 aromatic heterocycles. The highest BCUT2D eigenvalue weighted by Gasteiger charge is 2.65. The average molecular weight is 408 g/mol. The van der Waals surface area contributed by atoms with Crippen molar-refractivity contribution in [3.05, 3.63) is 0 Å². The molecule has 4 aliphatic carbocycles. The van der Waals surface area contributed by atoms with Gasteiger partial charge in [0.05, 0.1) is 18.3 Å². The van der Waals surface area contributed by atoms with Crippen molar-refractivity contribution in [3.8, 4) is 0 Å². The Morgan fingerprint density at radius 2 is 1.79 bits per heavy atom. The summed E-state index contributed by atoms with van der Waals surface area (Å²) in [7, 11) is 0. The lowest BCUT2D eigenvalue weighted by Crippen LogP contribution is -2.62. The first-order chi connectivity index (χ1) is 13.6. The van der Waals surface area contributed by atoms with Crippen LogP contribution in [-0.4, -0.2) is 39.5 Å². The lowest BCUT2D eigenvalue weighted by molar-refractivity contribution is -0.207. The summed E-state index contributed by atoms with van der Waals surface area (Å²) in [5, 5.41) is 33.0. The van der Waals surface area contributed by atoms with Crippen molar-refractivity contribution < 1.29 is 20.1 Å². The first-order valence-electron chi connectivity index (χ1n) is 11.9. The van der Waals surface area contributed by atoms with E-state index in [4.69, 9.17) is 5.73 Å². The molecule has 4 rings (SSSR count). The molecule has 0 aliphatic heterocycles. The second-order valence-electron chi connectivity index (χ2n) is 11.5. The van der Waals surface area contributed by atoms with Gasteiger partial charge in [-0.1, -0.05) is 20.8 Å². The van der Waals surface area contributed by atoms with E-state index in [1.54, 1.807) is 0 Å². The molecule has 5 heteroatoms. The van der Waals surface area contributed by atoms with Crippen LogP contribution in [0.1, 0.15) is 78.6 Å². The molecule has 4 aliphatic rings. The lowest BCUT2D eigenvalue weighted by atomic mass is 9.43. The fourth-order valence-corrected chi connectivity index (χ4v) is 8.70. The number of fused-ring (bicyclic) bond motifs is 5. The molecule has 5 nitrogen and oxygen atoms in total. The van der Waals surface area contributed by atoms with Crippen molar-refractivity contribution in [3.63, 3.8) is 0 Å². The topological polar surface area (TPSA) is 104 Å². The number of hydrogen-bond acceptors (Lipinski definition) is 4. The summed E-state index contributed by atoms with van der Waals surface area (Å²) < 4.78 is 0. The Hall–Kier alpha value is -0.650. The quantitative estimate of drug-likeness (QED) is 0.575. The van der Waals surface area contributed by atoms with Crippen LogP contribution in [0.3, 0.4) is 0 Å². The molecule has 1 amide bonds. The largest absolute Gasteiger partial charge is 0.393 e. The minimum Gasteiger partial charge on any atom is -0.393 e. The van der Waals surface area contributed by atoms with E-state index in [9.17, 15) is 20.1 Å². The van der Waals surface area contributed by atoms with Crippen molar-refractivity contribution in [1.82, 2.24) is 0 Å². The predicted molar refractivity (Wildman–Crippen MR) is 112 cm³/mol. The molecule has 166 valence electrons. The van der Waals surface area contributed by atoms with Crippen LogP contribution < -0.4 is 5.73 Å². The Morgan fingerprint density at radius 3 is 2.48 bits per heavy atom. The van der Waals surface area contributed by atoms with Crippen LogP contribution in [0.15, 0.2) is 0 Å². The highest BCUT2D eigenvalue weighted by molar-refractivity contribution is 5.73. The summed E-state index contributed by atoms with van der Waals surface area (Å²) in [5.41, 5.74) is 5.30. The zero-order chi connectivity index (χ0) is 21.1. The molecule has 29 heavy (non-hydrogen) atoms. The molecule has 4 fully saturated rings. The van der Waals surface area contributed by atoms with Crippen molar-refractivity contribution in [2.45, 2.75) is 96.9 Å². The molecule has 0 unspecified atom stereocenters. The number of primary amides is 1. The number of hydrogen-bond donors (Lipinski definition) is 4. The third-order valence-electron chi connectivity index (χ3n) is 10.4. The SMILES string of the molecule is C[C@H](CCC(N)=O)[C@H]1CC[C@H]2[C@@H]3[C@H](O)C[C@@H]4C[C@H](O)CC[C@]4(C)[C@H]3C[C@H](O)[C@@]12C. The molecule has 0 saturated heterocycles. The van der Waals surface area contributed by atoms with Gasteiger partial charge < -0.3 is 21.1 Å². The molecule has 0 aromatic rings. The molecule has 11 atom stereocenters. The molecule has 0 bridgehead atoms. The number of carbonyl (C=O) groups excluding carboxylic acids is 1. The van der Waals surface area contributed by atoms with Crippen LogP contribution in [0.2, 0.25) is 0 Å². The van der Waals surface area contributed by atoms with Crippen LogP contribution in [0.4, 0.5) is 0 Å². The summed E-state index contributed by atoms with van der Waals surface area (Å²) in [6, 6.07) is 0. The summed E-state index contributed by atoms with van der Waals surface area (Å²) in [6.45, 7) is 6.82. The summed E-state index contributed by atoms with van der Waals surface area (Å²) in [6.07, 6.45) is 6.56. The summed E-state index contributed by atoms with van der Waals surface area (Å²) in [4.78, 5) is 11.3. The maximum Gasteiger partial charge on any atom is 0.217 e. The number of aliphatic hydroxyl groups excluding tert-OH is 3. The fraction of sp³-hybridized carbons (Fsp3) is 0.958. The van der Waals surface area contributed by atoms with Gasteiger partial charge in [0.2, 0.25) is 5.91 Å². The van der Waals surface area contributed by atoms with E-state index < -0.39 is 0 Å². The third-order valence-corrected chi connectivity index (χ3v) is 10.4. The first kappa shape index (κ1) is 21.6. The summed E-state index contributed by atoms with van der Waals surface area (Å²) in [5.74, 6) is 1.72. The van der Waals surface area contributed by atoms with Gasteiger partial charge in [-0.2, -0.15) is 0 Å². The molecule has 4 saturated carbocycles. The Morgan fingerprint density at radius 1 is 1.07 bits per heavy atom. The van der Waals surface area contributed by atoms with Gasteiger partial charge in [0.15, 0.2) is 0 Å². The molecular weight excluding hydrogens is 366 g/mol. The van der Waals surface area contributed by atoms with Gasteiger partial charge in [-0.25, -0.2) is 0 Å². The Kier molecular flexibility index (Phi) is 5.57. The minimum absolute atomic E-state index is 0.112. The van der Waals surface area contributed by atoms with Crippen LogP contribution >= 0.6 is 0 Å². The van der Waals surface area contributed by atoms with E-state index in [-0.39, 0.29) is 41.0 Å². The van der Waals surface area contributed by atoms with E-state index in [2.05, 4.69) is 20.8 Å². The van der Waals surface area contributed by atoms with Crippen LogP contribution in [0.25, 0.3) is 0 Å². The zero-order valence-corrected chi connectivity index (χ0v) is 18.4. The van der Waals surface area contributed by atoms with Crippen LogP contribution in [0, 0.1) is 46.3 Å². The zero-order valence-electron chi connectivity index (χ0n) is 18.4. The van der Waals surface area contributed by atoms with Crippen molar-refractivity contribution in [1.29, 1.82) is 0 Å². The number of carbonyl (C=O) groups is 1. The average Bonchev–Trinajstić information content (AvgIpc) is 3.01. The lowest BCUT2D eigenvalue weighted by Gasteiger charge is -2.63. The van der Waals surface area contributed by atoms with Gasteiger partial charge in [0.1, 0.15) is 0 Å². The standard InChI is InChI=1S/C24H41NO4/c1-13(4-7-21(25)29)16-5-6-17-22-18(12-20(28)24(16,17)3)23(2)9-8-15(26)10-14(23)11-19(22)27/h13-20,22,26-28H,4-12H2,1-3H3,(H2,25,29)/t13-,14+,15-,16-,17+,18+,19-,20+,22+,23+,24+/m1/s1. The van der Waals surface area contributed by atoms with E-state index in [1.807, 2.05) is 0 Å². The normalized spacial score (nSPS) is 52.9. The van der Waals surface area contributed by atoms with Gasteiger partial charge in [-0.3, -0.25) is 4.79 Å². The van der Waals surface area contributed by atoms with Crippen molar-refractivity contribution in [2.75, 3.05) is 0 Å². The molecular formula is C24H41NO4. The Labute approximate surface area is 175 Å². The molecule has 0 radical (unpaired) electrons. The number of nitrogens with two attached hydrogens (primary N) is 1. The van der Waals surface area contributed by atoms with E-state index in [0.29, 0.717) is 36.0 Å². The van der Waals surface area contributed by atoms with E-state index >= 15 is 0 Å². The van der Waals surface area contributed by atoms with Crippen LogP contribution in [-0.2, 0) is 4.79 Å². The first-order valence-corrected chi connectivity index (χ1v) is 11.9. The smallest absolute Gasteiger partial charge is 0.217 e. The maximum atomic E-state index is 11.5. The highest BCUT2D eigenvalue weighted by atomic mass is 16.3. The number of rotatable bonds is 4. The van der Waals surface area contributed by atoms with Gasteiger partial charge in [0, 0.05) is 6.42 Å². The molecule has 5 N–H and O–H groups in total. The van der Waals surface area contributed by atoms with Crippen molar-refractivity contribution >= 4 is 5.91 Å². The van der Waals surface area contributed by atoms with Gasteiger partial charge in [-0.15, -0.1) is 0 Å². The third kappa shape index (κ3) is 3.27. The van der Waals surface area contributed by atoms with Crippen LogP contribution in [0.5, 0.6) is 0 Å². The van der Waals surface area contributed by atoms with E-state index in [0.717, 1.165) is 51.4 Å². The summed E-state index contributed by atoms with van der Waals surface area (Å²) >= 11 is 0. The van der Waals surface area contributed by atoms with Gasteiger partial charge >= 0.3 is 0 Å². The minimum atomic E-state index is -0.369. The predicted octanol–water partition coefficient (Wildman–Crippen LogP) is 2.85. The molecule has 0 spiro atoms. The number of amides is 1. The monoisotopic (exact) mass is 407 g/mol. The molecule has 0 heterocycles. The van der Waals surface area contributed by atoms with Gasteiger partial charge in [0.25, 0.3) is 0 Å². The van der Waals surface area contributed by atoms with Crippen molar-refractivity contribution in [2.24, 2.45) is 52.1 Å². The fourth-order valence-electron chi connectivity index (χ4n) is 8.70. The number of aliphatic hydroxyl groups is 3. The molecule has 0 aromatic carbocycles. The van der Waals surface area contributed by atoms with Gasteiger partial charge in [-0.05, 0) is 97.7 Å². The Bertz CT molecular complexity index is 640. The second-order valence-corrected chi connectivity index (χ2v) is 11.5. The maximum absolute atomic E-state index is 11.5. The van der Waals surface area contributed by atoms with E-state index in [1.165, 1.54) is 0 Å². The highest BCUT2D eigenvalue weighted by Crippen LogP contribution is 2.68. The second kappa shape index (κ2) is 7.49.